The van der Waals surface area contributed by atoms with E-state index in [0.717, 1.165) is 48.4 Å². The molecule has 0 amide bonds. The normalized spacial score (nSPS) is 18.9. The quantitative estimate of drug-likeness (QED) is 0.573. The summed E-state index contributed by atoms with van der Waals surface area (Å²) in [6, 6.07) is 18.4. The van der Waals surface area contributed by atoms with E-state index in [0.29, 0.717) is 18.3 Å². The number of benzene rings is 1. The number of carboxylic acids is 1. The highest BCUT2D eigenvalue weighted by molar-refractivity contribution is 5.67. The van der Waals surface area contributed by atoms with Gasteiger partial charge in [0.2, 0.25) is 0 Å². The van der Waals surface area contributed by atoms with Crippen LogP contribution < -0.4 is 5.32 Å². The van der Waals surface area contributed by atoms with Gasteiger partial charge in [-0.3, -0.25) is 9.78 Å². The first-order valence-corrected chi connectivity index (χ1v) is 10.1. The molecule has 5 nitrogen and oxygen atoms in total. The van der Waals surface area contributed by atoms with E-state index in [1.807, 2.05) is 36.5 Å². The van der Waals surface area contributed by atoms with Gasteiger partial charge in [-0.2, -0.15) is 0 Å². The van der Waals surface area contributed by atoms with Crippen LogP contribution in [0.4, 0.5) is 11.5 Å². The first-order valence-electron chi connectivity index (χ1n) is 10.1. The lowest BCUT2D eigenvalue weighted by Crippen LogP contribution is -2.16. The van der Waals surface area contributed by atoms with Gasteiger partial charge in [0.25, 0.3) is 0 Å². The predicted octanol–water partition coefficient (Wildman–Crippen LogP) is 5.64. The van der Waals surface area contributed by atoms with Crippen LogP contribution in [0.1, 0.15) is 43.6 Å². The molecule has 148 valence electrons. The smallest absolute Gasteiger partial charge is 0.303 e. The van der Waals surface area contributed by atoms with E-state index in [1.54, 1.807) is 6.20 Å². The minimum Gasteiger partial charge on any atom is -0.481 e. The Hall–Kier alpha value is -3.21. The van der Waals surface area contributed by atoms with Crippen molar-refractivity contribution in [1.29, 1.82) is 0 Å². The zero-order valence-corrected chi connectivity index (χ0v) is 16.3. The number of nitrogens with one attached hydrogen (secondary N) is 1. The Bertz CT molecular complexity index is 932. The van der Waals surface area contributed by atoms with E-state index in [-0.39, 0.29) is 0 Å². The fourth-order valence-electron chi connectivity index (χ4n) is 4.10. The average molecular weight is 387 g/mol. The third-order valence-corrected chi connectivity index (χ3v) is 5.69. The van der Waals surface area contributed by atoms with Crippen LogP contribution in [0, 0.1) is 5.92 Å². The minimum atomic E-state index is -0.674. The molecule has 0 aliphatic heterocycles. The van der Waals surface area contributed by atoms with E-state index < -0.39 is 5.97 Å². The number of rotatable bonds is 6. The number of aromatic nitrogens is 2. The van der Waals surface area contributed by atoms with E-state index in [1.165, 1.54) is 5.56 Å². The second kappa shape index (κ2) is 8.86. The van der Waals surface area contributed by atoms with Crippen LogP contribution in [0.15, 0.2) is 67.0 Å². The highest BCUT2D eigenvalue weighted by Gasteiger charge is 2.23. The van der Waals surface area contributed by atoms with Gasteiger partial charge in [0, 0.05) is 18.2 Å². The second-order valence-corrected chi connectivity index (χ2v) is 7.71. The molecular formula is C24H25N3O2. The van der Waals surface area contributed by atoms with Crippen LogP contribution in [0.2, 0.25) is 0 Å². The monoisotopic (exact) mass is 387 g/mol. The summed E-state index contributed by atoms with van der Waals surface area (Å²) in [6.07, 6.45) is 8.04. The summed E-state index contributed by atoms with van der Waals surface area (Å²) >= 11 is 0. The van der Waals surface area contributed by atoms with E-state index >= 15 is 0 Å². The molecule has 2 aromatic heterocycles. The summed E-state index contributed by atoms with van der Waals surface area (Å²) in [7, 11) is 0. The van der Waals surface area contributed by atoms with Crippen molar-refractivity contribution in [2.24, 2.45) is 5.92 Å². The fraction of sp³-hybridized carbons (Fsp3) is 0.292. The molecule has 1 aliphatic carbocycles. The summed E-state index contributed by atoms with van der Waals surface area (Å²) in [5.74, 6) is 0.994. The van der Waals surface area contributed by atoms with Gasteiger partial charge in [0.15, 0.2) is 0 Å². The van der Waals surface area contributed by atoms with Gasteiger partial charge in [-0.25, -0.2) is 4.98 Å². The second-order valence-electron chi connectivity index (χ2n) is 7.71. The Labute approximate surface area is 170 Å². The van der Waals surface area contributed by atoms with Crippen LogP contribution in [-0.2, 0) is 4.79 Å². The van der Waals surface area contributed by atoms with Crippen molar-refractivity contribution in [1.82, 2.24) is 9.97 Å². The van der Waals surface area contributed by atoms with E-state index in [2.05, 4.69) is 39.6 Å². The molecule has 1 fully saturated rings. The summed E-state index contributed by atoms with van der Waals surface area (Å²) in [5, 5.41) is 12.2. The maximum Gasteiger partial charge on any atom is 0.303 e. The molecule has 0 spiro atoms. The molecule has 0 saturated heterocycles. The SMILES string of the molecule is O=C(O)CC1CCC(c2ccc(-c3ccc(Nc4ccccn4)cn3)cc2)CC1. The molecular weight excluding hydrogens is 362 g/mol. The summed E-state index contributed by atoms with van der Waals surface area (Å²) in [6.45, 7) is 0. The summed E-state index contributed by atoms with van der Waals surface area (Å²) in [4.78, 5) is 19.7. The molecule has 0 atom stereocenters. The molecule has 2 heterocycles. The minimum absolute atomic E-state index is 0.308. The van der Waals surface area contributed by atoms with Crippen LogP contribution in [-0.4, -0.2) is 21.0 Å². The van der Waals surface area contributed by atoms with Crippen LogP contribution in [0.25, 0.3) is 11.3 Å². The molecule has 0 bridgehead atoms. The van der Waals surface area contributed by atoms with Crippen LogP contribution >= 0.6 is 0 Å². The molecule has 1 aromatic carbocycles. The first-order chi connectivity index (χ1) is 14.2. The van der Waals surface area contributed by atoms with Crippen molar-refractivity contribution in [3.63, 3.8) is 0 Å². The van der Waals surface area contributed by atoms with Crippen molar-refractivity contribution < 1.29 is 9.90 Å². The fourth-order valence-corrected chi connectivity index (χ4v) is 4.10. The molecule has 2 N–H and O–H groups in total. The van der Waals surface area contributed by atoms with Gasteiger partial charge in [-0.15, -0.1) is 0 Å². The van der Waals surface area contributed by atoms with Crippen LogP contribution in [0.3, 0.4) is 0 Å². The van der Waals surface area contributed by atoms with E-state index in [9.17, 15) is 4.79 Å². The lowest BCUT2D eigenvalue weighted by atomic mass is 9.77. The molecule has 29 heavy (non-hydrogen) atoms. The van der Waals surface area contributed by atoms with E-state index in [4.69, 9.17) is 5.11 Å². The summed E-state index contributed by atoms with van der Waals surface area (Å²) < 4.78 is 0. The molecule has 3 aromatic rings. The highest BCUT2D eigenvalue weighted by atomic mass is 16.4. The number of carbonyl (C=O) groups is 1. The maximum absolute atomic E-state index is 10.9. The maximum atomic E-state index is 10.9. The number of carboxylic acid groups (broad SMARTS) is 1. The molecule has 0 unspecified atom stereocenters. The largest absolute Gasteiger partial charge is 0.481 e. The van der Waals surface area contributed by atoms with Crippen molar-refractivity contribution in [2.75, 3.05) is 5.32 Å². The molecule has 4 rings (SSSR count). The van der Waals surface area contributed by atoms with Gasteiger partial charge in [-0.05, 0) is 67.3 Å². The molecule has 0 radical (unpaired) electrons. The predicted molar refractivity (Wildman–Crippen MR) is 114 cm³/mol. The Morgan fingerprint density at radius 3 is 2.38 bits per heavy atom. The number of nitrogens with zero attached hydrogens (tertiary/aromatic N) is 2. The summed E-state index contributed by atoms with van der Waals surface area (Å²) in [5.41, 5.74) is 4.28. The Morgan fingerprint density at radius 2 is 1.76 bits per heavy atom. The third-order valence-electron chi connectivity index (χ3n) is 5.69. The van der Waals surface area contributed by atoms with Gasteiger partial charge in [0.1, 0.15) is 5.82 Å². The zero-order valence-electron chi connectivity index (χ0n) is 16.3. The highest BCUT2D eigenvalue weighted by Crippen LogP contribution is 2.37. The average Bonchev–Trinajstić information content (AvgIpc) is 2.75. The molecule has 1 saturated carbocycles. The number of pyridine rings is 2. The Kier molecular flexibility index (Phi) is 5.84. The first kappa shape index (κ1) is 19.1. The Balaban J connectivity index is 1.37. The number of aliphatic carboxylic acids is 1. The van der Waals surface area contributed by atoms with Gasteiger partial charge >= 0.3 is 5.97 Å². The Morgan fingerprint density at radius 1 is 0.966 bits per heavy atom. The standard InChI is InChI=1S/C24H25N3O2/c28-24(29)15-17-4-6-18(7-5-17)19-8-10-20(11-9-19)22-13-12-21(16-26-22)27-23-3-1-2-14-25-23/h1-3,8-14,16-18H,4-7,15H2,(H,25,27)(H,28,29). The lowest BCUT2D eigenvalue weighted by Gasteiger charge is -2.28. The van der Waals surface area contributed by atoms with Crippen molar-refractivity contribution in [3.05, 3.63) is 72.6 Å². The zero-order chi connectivity index (χ0) is 20.1. The molecule has 1 aliphatic rings. The van der Waals surface area contributed by atoms with Gasteiger partial charge in [-0.1, -0.05) is 30.3 Å². The topological polar surface area (TPSA) is 75.1 Å². The number of hydrogen-bond acceptors (Lipinski definition) is 4. The van der Waals surface area contributed by atoms with Crippen LogP contribution in [0.5, 0.6) is 0 Å². The van der Waals surface area contributed by atoms with Gasteiger partial charge in [0.05, 0.1) is 17.6 Å². The number of anilines is 2. The third kappa shape index (κ3) is 4.99. The van der Waals surface area contributed by atoms with Crippen molar-refractivity contribution in [2.45, 2.75) is 38.0 Å². The molecule has 5 heteroatoms. The van der Waals surface area contributed by atoms with Gasteiger partial charge < -0.3 is 10.4 Å². The van der Waals surface area contributed by atoms with Crippen molar-refractivity contribution in [3.8, 4) is 11.3 Å². The lowest BCUT2D eigenvalue weighted by molar-refractivity contribution is -0.138. The van der Waals surface area contributed by atoms with Crippen molar-refractivity contribution >= 4 is 17.5 Å². The number of hydrogen-bond donors (Lipinski definition) is 2.